The molecule has 6 aromatic rings. The maximum Gasteiger partial charge on any atom is 0.121 e. The molecule has 0 aromatic heterocycles. The molecular formula is C56H64N2O4-2. The van der Waals surface area contributed by atoms with Gasteiger partial charge in [0.05, 0.1) is 0 Å². The van der Waals surface area contributed by atoms with Crippen LogP contribution in [0.1, 0.15) is 128 Å². The molecule has 0 aliphatic heterocycles. The minimum Gasteiger partial charge on any atom is -0.851 e. The van der Waals surface area contributed by atoms with Gasteiger partial charge in [-0.05, 0) is 128 Å². The van der Waals surface area contributed by atoms with Crippen molar-refractivity contribution in [1.82, 2.24) is 0 Å². The zero-order valence-corrected chi connectivity index (χ0v) is 38.6. The molecule has 0 saturated heterocycles. The van der Waals surface area contributed by atoms with E-state index in [0.717, 1.165) is 22.7 Å². The van der Waals surface area contributed by atoms with Gasteiger partial charge in [0.15, 0.2) is 0 Å². The Kier molecular flexibility index (Phi) is 11.7. The van der Waals surface area contributed by atoms with Crippen LogP contribution in [0.2, 0.25) is 0 Å². The first-order chi connectivity index (χ1) is 28.9. The number of phenolic OH excluding ortho intramolecular Hbond substituents is 2. The topological polar surface area (TPSA) is 93.1 Å². The summed E-state index contributed by atoms with van der Waals surface area (Å²) in [5.41, 5.74) is 10.5. The molecule has 1 aliphatic carbocycles. The van der Waals surface area contributed by atoms with E-state index in [0.29, 0.717) is 22.5 Å². The molecule has 324 valence electrons. The summed E-state index contributed by atoms with van der Waals surface area (Å²) in [5, 5.41) is 51.4. The van der Waals surface area contributed by atoms with Gasteiger partial charge in [-0.15, -0.1) is 12.2 Å². The van der Waals surface area contributed by atoms with Crippen LogP contribution in [0.25, 0.3) is 0 Å². The van der Waals surface area contributed by atoms with Gasteiger partial charge in [-0.1, -0.05) is 144 Å². The first-order valence-corrected chi connectivity index (χ1v) is 21.9. The Morgan fingerprint density at radius 2 is 0.548 bits per heavy atom. The fraction of sp³-hybridized carbons (Fsp3) is 0.357. The standard InChI is InChI=1S/C56H64N2O4/c1-53(2,3)35-13-21-39(22-14-35)57(40-23-15-36(16-24-40)54(4,5)6)43-29-31-45(47(59)33-43)49-51(61)50(52(49)62)46-32-30-44(34-48(46)60)58(41-25-17-37(18-26-41)55(7,8)9)42-27-19-38(20-28-42)56(10,11)12/h13-34,49-52,59-60H,1-12H3/q-2. The molecule has 6 heteroatoms. The van der Waals surface area contributed by atoms with Crippen LogP contribution < -0.4 is 20.0 Å². The van der Waals surface area contributed by atoms with E-state index in [1.165, 1.54) is 22.3 Å². The van der Waals surface area contributed by atoms with Gasteiger partial charge in [0.2, 0.25) is 0 Å². The molecule has 0 radical (unpaired) electrons. The van der Waals surface area contributed by atoms with Gasteiger partial charge >= 0.3 is 0 Å². The summed E-state index contributed by atoms with van der Waals surface area (Å²) in [4.78, 5) is 4.16. The third-order valence-electron chi connectivity index (χ3n) is 12.6. The molecule has 1 aliphatic rings. The van der Waals surface area contributed by atoms with Crippen LogP contribution in [0.4, 0.5) is 34.1 Å². The Morgan fingerprint density at radius 1 is 0.339 bits per heavy atom. The molecule has 0 heterocycles. The van der Waals surface area contributed by atoms with Crippen molar-refractivity contribution < 1.29 is 20.4 Å². The summed E-state index contributed by atoms with van der Waals surface area (Å²) in [5.74, 6) is -2.14. The molecule has 0 amide bonds. The lowest BCUT2D eigenvalue weighted by molar-refractivity contribution is -0.536. The summed E-state index contributed by atoms with van der Waals surface area (Å²) in [6.07, 6.45) is -2.72. The highest BCUT2D eigenvalue weighted by atomic mass is 16.3. The second kappa shape index (κ2) is 16.3. The SMILES string of the molecule is CC(C)(C)c1ccc(N(c2ccc(C(C)(C)C)cc2)c2ccc(C3C([O-])C(c4ccc(N(c5ccc(C(C)(C)C)cc5)c5ccc(C(C)(C)C)cc5)cc4O)C3[O-])c(O)c2)cc1. The van der Waals surface area contributed by atoms with Gasteiger partial charge in [-0.2, -0.15) is 0 Å². The zero-order chi connectivity index (χ0) is 45.1. The second-order valence-corrected chi connectivity index (χ2v) is 21.3. The molecule has 0 spiro atoms. The smallest absolute Gasteiger partial charge is 0.121 e. The monoisotopic (exact) mass is 828 g/mol. The number of hydrogen-bond acceptors (Lipinski definition) is 6. The van der Waals surface area contributed by atoms with Gasteiger partial charge in [0.25, 0.3) is 0 Å². The maximum atomic E-state index is 14.1. The number of phenols is 2. The Bertz CT molecular complexity index is 2200. The van der Waals surface area contributed by atoms with Gasteiger partial charge in [0.1, 0.15) is 11.5 Å². The molecule has 0 unspecified atom stereocenters. The summed E-state index contributed by atoms with van der Waals surface area (Å²) in [7, 11) is 0. The van der Waals surface area contributed by atoms with E-state index in [1.807, 2.05) is 12.1 Å². The molecule has 1 fully saturated rings. The maximum absolute atomic E-state index is 14.1. The van der Waals surface area contributed by atoms with Crippen LogP contribution in [0.5, 0.6) is 11.5 Å². The largest absolute Gasteiger partial charge is 0.851 e. The van der Waals surface area contributed by atoms with Gasteiger partial charge in [-0.3, -0.25) is 0 Å². The number of aromatic hydroxyl groups is 2. The molecule has 2 N–H and O–H groups in total. The molecule has 1 saturated carbocycles. The van der Waals surface area contributed by atoms with Crippen molar-refractivity contribution in [1.29, 1.82) is 0 Å². The van der Waals surface area contributed by atoms with E-state index < -0.39 is 24.0 Å². The average Bonchev–Trinajstić information content (AvgIpc) is 3.19. The van der Waals surface area contributed by atoms with Crippen LogP contribution in [0.15, 0.2) is 133 Å². The van der Waals surface area contributed by atoms with Crippen molar-refractivity contribution in [3.05, 3.63) is 167 Å². The van der Waals surface area contributed by atoms with Crippen molar-refractivity contribution in [3.8, 4) is 11.5 Å². The Morgan fingerprint density at radius 3 is 0.742 bits per heavy atom. The summed E-state index contributed by atoms with van der Waals surface area (Å²) in [6, 6.07) is 44.2. The van der Waals surface area contributed by atoms with Crippen LogP contribution in [0, 0.1) is 0 Å². The number of hydrogen-bond donors (Lipinski definition) is 2. The molecule has 0 atom stereocenters. The third kappa shape index (κ3) is 8.86. The lowest BCUT2D eigenvalue weighted by Gasteiger charge is -2.61. The minimum absolute atomic E-state index is 0.0149. The van der Waals surface area contributed by atoms with Crippen molar-refractivity contribution in [2.75, 3.05) is 9.80 Å². The highest BCUT2D eigenvalue weighted by Gasteiger charge is 2.41. The first kappa shape index (κ1) is 44.5. The van der Waals surface area contributed by atoms with E-state index in [4.69, 9.17) is 0 Å². The molecule has 6 nitrogen and oxygen atoms in total. The molecule has 7 rings (SSSR count). The molecule has 0 bridgehead atoms. The molecule has 62 heavy (non-hydrogen) atoms. The Hall–Kier alpha value is -5.56. The quantitative estimate of drug-likeness (QED) is 0.159. The van der Waals surface area contributed by atoms with Gasteiger partial charge < -0.3 is 30.2 Å². The van der Waals surface area contributed by atoms with Crippen LogP contribution in [-0.2, 0) is 21.7 Å². The van der Waals surface area contributed by atoms with Gasteiger partial charge in [-0.25, -0.2) is 0 Å². The fourth-order valence-corrected chi connectivity index (χ4v) is 8.63. The summed E-state index contributed by atoms with van der Waals surface area (Å²) in [6.45, 7) is 26.2. The van der Waals surface area contributed by atoms with Crippen LogP contribution in [-0.4, -0.2) is 22.4 Å². The number of nitrogens with zero attached hydrogens (tertiary/aromatic N) is 2. The van der Waals surface area contributed by atoms with Crippen molar-refractivity contribution in [2.24, 2.45) is 0 Å². The van der Waals surface area contributed by atoms with Crippen LogP contribution >= 0.6 is 0 Å². The summed E-state index contributed by atoms with van der Waals surface area (Å²) < 4.78 is 0. The van der Waals surface area contributed by atoms with E-state index in [1.54, 1.807) is 24.3 Å². The lowest BCUT2D eigenvalue weighted by Crippen LogP contribution is -2.63. The van der Waals surface area contributed by atoms with E-state index in [2.05, 4.69) is 190 Å². The Balaban J connectivity index is 1.18. The number of anilines is 6. The molecular weight excluding hydrogens is 765 g/mol. The Labute approximate surface area is 370 Å². The molecule has 6 aromatic carbocycles. The predicted molar refractivity (Wildman–Crippen MR) is 253 cm³/mol. The third-order valence-corrected chi connectivity index (χ3v) is 12.6. The van der Waals surface area contributed by atoms with E-state index >= 15 is 0 Å². The highest BCUT2D eigenvalue weighted by Crippen LogP contribution is 2.51. The lowest BCUT2D eigenvalue weighted by atomic mass is 9.63. The van der Waals surface area contributed by atoms with Gasteiger partial charge in [0, 0.05) is 46.3 Å². The van der Waals surface area contributed by atoms with E-state index in [9.17, 15) is 20.4 Å². The second-order valence-electron chi connectivity index (χ2n) is 21.3. The normalized spacial score (nSPS) is 18.3. The number of rotatable bonds is 8. The number of benzene rings is 6. The first-order valence-electron chi connectivity index (χ1n) is 21.9. The predicted octanol–water partition coefficient (Wildman–Crippen LogP) is 12.6. The van der Waals surface area contributed by atoms with E-state index in [-0.39, 0.29) is 33.2 Å². The average molecular weight is 829 g/mol. The highest BCUT2D eigenvalue weighted by molar-refractivity contribution is 5.79. The fourth-order valence-electron chi connectivity index (χ4n) is 8.63. The van der Waals surface area contributed by atoms with Crippen LogP contribution in [0.3, 0.4) is 0 Å². The summed E-state index contributed by atoms with van der Waals surface area (Å²) >= 11 is 0. The zero-order valence-electron chi connectivity index (χ0n) is 38.6. The minimum atomic E-state index is -1.36. The van der Waals surface area contributed by atoms with Crippen molar-refractivity contribution in [3.63, 3.8) is 0 Å². The van der Waals surface area contributed by atoms with Crippen molar-refractivity contribution >= 4 is 34.1 Å². The van der Waals surface area contributed by atoms with Crippen molar-refractivity contribution in [2.45, 2.75) is 129 Å².